The smallest absolute Gasteiger partial charge is 0.191 e. The van der Waals surface area contributed by atoms with Crippen LogP contribution in [0.1, 0.15) is 29.5 Å². The number of aromatic nitrogens is 1. The van der Waals surface area contributed by atoms with E-state index in [2.05, 4.69) is 74.7 Å². The largest absolute Gasteiger partial charge is 0.493 e. The van der Waals surface area contributed by atoms with E-state index in [0.717, 1.165) is 67.4 Å². The number of nitrogens with zero attached hydrogens (tertiary/aromatic N) is 4. The zero-order chi connectivity index (χ0) is 22.3. The molecule has 2 heterocycles. The van der Waals surface area contributed by atoms with Gasteiger partial charge in [0.15, 0.2) is 5.96 Å². The number of benzene rings is 1. The Morgan fingerprint density at radius 1 is 1.09 bits per heavy atom. The maximum absolute atomic E-state index is 6.09. The average molecular weight is 437 g/mol. The highest BCUT2D eigenvalue weighted by atomic mass is 16.5. The molecule has 0 amide bonds. The van der Waals surface area contributed by atoms with Crippen LogP contribution in [0.15, 0.2) is 41.5 Å². The fraction of sp³-hybridized carbons (Fsp3) is 0.520. The summed E-state index contributed by atoms with van der Waals surface area (Å²) in [5.74, 6) is 3.54. The van der Waals surface area contributed by atoms with E-state index in [1.807, 2.05) is 6.20 Å². The van der Waals surface area contributed by atoms with Gasteiger partial charge in [-0.1, -0.05) is 18.2 Å². The van der Waals surface area contributed by atoms with Gasteiger partial charge in [-0.3, -0.25) is 4.99 Å². The molecule has 1 aromatic carbocycles. The number of piperazine rings is 1. The minimum absolute atomic E-state index is 0.667. The van der Waals surface area contributed by atoms with Gasteiger partial charge in [-0.05, 0) is 56.0 Å². The summed E-state index contributed by atoms with van der Waals surface area (Å²) in [6, 6.07) is 10.7. The van der Waals surface area contributed by atoms with Crippen molar-refractivity contribution in [1.29, 1.82) is 0 Å². The highest BCUT2D eigenvalue weighted by Crippen LogP contribution is 2.30. The predicted molar refractivity (Wildman–Crippen MR) is 130 cm³/mol. The molecule has 2 aliphatic rings. The summed E-state index contributed by atoms with van der Waals surface area (Å²) in [5.41, 5.74) is 3.50. The van der Waals surface area contributed by atoms with Crippen LogP contribution in [-0.2, 0) is 13.1 Å². The summed E-state index contributed by atoms with van der Waals surface area (Å²) in [4.78, 5) is 13.7. The maximum atomic E-state index is 6.09. The molecule has 0 spiro atoms. The molecule has 7 nitrogen and oxygen atoms in total. The number of pyridine rings is 1. The van der Waals surface area contributed by atoms with Crippen molar-refractivity contribution in [3.8, 4) is 5.75 Å². The minimum Gasteiger partial charge on any atom is -0.493 e. The van der Waals surface area contributed by atoms with Gasteiger partial charge in [0, 0.05) is 58.1 Å². The van der Waals surface area contributed by atoms with E-state index in [9.17, 15) is 0 Å². The van der Waals surface area contributed by atoms with Gasteiger partial charge in [0.2, 0.25) is 0 Å². The van der Waals surface area contributed by atoms with E-state index < -0.39 is 0 Å². The van der Waals surface area contributed by atoms with E-state index in [1.165, 1.54) is 18.4 Å². The average Bonchev–Trinajstić information content (AvgIpc) is 3.64. The third kappa shape index (κ3) is 6.36. The molecule has 0 atom stereocenters. The number of guanidine groups is 1. The number of ether oxygens (including phenoxy) is 1. The zero-order valence-corrected chi connectivity index (χ0v) is 19.6. The molecule has 1 aromatic heterocycles. The minimum atomic E-state index is 0.667. The Labute approximate surface area is 191 Å². The first-order chi connectivity index (χ1) is 15.6. The van der Waals surface area contributed by atoms with Crippen LogP contribution in [0.2, 0.25) is 0 Å². The standard InChI is InChI=1S/C25H36N6O/c1-19-4-8-22(23(14-19)32-18-20-5-6-20)17-29-25(26-2)28-16-21-7-9-24(27-15-21)31-12-10-30(3)11-13-31/h4,7-9,14-15,20H,5-6,10-13,16-18H2,1-3H3,(H2,26,28,29). The van der Waals surface area contributed by atoms with E-state index >= 15 is 0 Å². The number of aliphatic imine (C=N–C) groups is 1. The number of aryl methyl sites for hydroxylation is 1. The summed E-state index contributed by atoms with van der Waals surface area (Å²) in [6.45, 7) is 8.50. The van der Waals surface area contributed by atoms with Crippen molar-refractivity contribution >= 4 is 11.8 Å². The van der Waals surface area contributed by atoms with Crippen LogP contribution in [0.3, 0.4) is 0 Å². The summed E-state index contributed by atoms with van der Waals surface area (Å²) in [5, 5.41) is 6.80. The van der Waals surface area contributed by atoms with Gasteiger partial charge in [-0.2, -0.15) is 0 Å². The van der Waals surface area contributed by atoms with Crippen molar-refractivity contribution in [3.63, 3.8) is 0 Å². The summed E-state index contributed by atoms with van der Waals surface area (Å²) in [7, 11) is 3.96. The lowest BCUT2D eigenvalue weighted by Crippen LogP contribution is -2.44. The van der Waals surface area contributed by atoms with Crippen molar-refractivity contribution in [2.75, 3.05) is 51.8 Å². The van der Waals surface area contributed by atoms with Crippen molar-refractivity contribution < 1.29 is 4.74 Å². The lowest BCUT2D eigenvalue weighted by Gasteiger charge is -2.33. The first-order valence-corrected chi connectivity index (χ1v) is 11.7. The molecule has 0 bridgehead atoms. The highest BCUT2D eigenvalue weighted by molar-refractivity contribution is 5.79. The molecule has 1 saturated carbocycles. The molecular weight excluding hydrogens is 400 g/mol. The second-order valence-corrected chi connectivity index (χ2v) is 8.96. The topological polar surface area (TPSA) is 65.0 Å². The molecule has 172 valence electrons. The van der Waals surface area contributed by atoms with E-state index in [0.29, 0.717) is 13.1 Å². The van der Waals surface area contributed by atoms with Crippen LogP contribution in [0.25, 0.3) is 0 Å². The highest BCUT2D eigenvalue weighted by Gasteiger charge is 2.22. The Kier molecular flexibility index (Phi) is 7.47. The van der Waals surface area contributed by atoms with Crippen molar-refractivity contribution in [1.82, 2.24) is 20.5 Å². The van der Waals surface area contributed by atoms with Crippen molar-refractivity contribution in [2.24, 2.45) is 10.9 Å². The van der Waals surface area contributed by atoms with Crippen LogP contribution in [-0.4, -0.2) is 62.7 Å². The molecule has 0 radical (unpaired) electrons. The third-order valence-electron chi connectivity index (χ3n) is 6.16. The zero-order valence-electron chi connectivity index (χ0n) is 19.6. The number of anilines is 1. The van der Waals surface area contributed by atoms with Gasteiger partial charge < -0.3 is 25.2 Å². The Morgan fingerprint density at radius 2 is 1.88 bits per heavy atom. The molecule has 1 saturated heterocycles. The number of hydrogen-bond acceptors (Lipinski definition) is 5. The fourth-order valence-electron chi connectivity index (χ4n) is 3.76. The van der Waals surface area contributed by atoms with Gasteiger partial charge in [0.25, 0.3) is 0 Å². The maximum Gasteiger partial charge on any atom is 0.191 e. The molecule has 2 N–H and O–H groups in total. The normalized spacial score (nSPS) is 17.3. The third-order valence-corrected chi connectivity index (χ3v) is 6.16. The Hall–Kier alpha value is -2.80. The van der Waals surface area contributed by atoms with Gasteiger partial charge >= 0.3 is 0 Å². The molecule has 7 heteroatoms. The second-order valence-electron chi connectivity index (χ2n) is 8.96. The van der Waals surface area contributed by atoms with E-state index in [4.69, 9.17) is 4.74 Å². The fourth-order valence-corrected chi connectivity index (χ4v) is 3.76. The van der Waals surface area contributed by atoms with E-state index in [-0.39, 0.29) is 0 Å². The number of rotatable bonds is 8. The predicted octanol–water partition coefficient (Wildman–Crippen LogP) is 2.80. The first-order valence-electron chi connectivity index (χ1n) is 11.7. The molecule has 2 fully saturated rings. The number of nitrogens with one attached hydrogen (secondary N) is 2. The first kappa shape index (κ1) is 22.4. The van der Waals surface area contributed by atoms with Crippen molar-refractivity contribution in [2.45, 2.75) is 32.9 Å². The monoisotopic (exact) mass is 436 g/mol. The van der Waals surface area contributed by atoms with Crippen LogP contribution < -0.4 is 20.3 Å². The lowest BCUT2D eigenvalue weighted by atomic mass is 10.1. The quantitative estimate of drug-likeness (QED) is 0.490. The van der Waals surface area contributed by atoms with Crippen LogP contribution >= 0.6 is 0 Å². The summed E-state index contributed by atoms with van der Waals surface area (Å²) < 4.78 is 6.09. The molecular formula is C25H36N6O. The number of likely N-dealkylation sites (N-methyl/N-ethyl adjacent to an activating group) is 1. The van der Waals surface area contributed by atoms with Gasteiger partial charge in [-0.15, -0.1) is 0 Å². The molecule has 2 aromatic rings. The molecule has 1 aliphatic heterocycles. The van der Waals surface area contributed by atoms with Crippen molar-refractivity contribution in [3.05, 3.63) is 53.2 Å². The lowest BCUT2D eigenvalue weighted by molar-refractivity contribution is 0.296. The van der Waals surface area contributed by atoms with Crippen LogP contribution in [0, 0.1) is 12.8 Å². The Morgan fingerprint density at radius 3 is 2.56 bits per heavy atom. The summed E-state index contributed by atoms with van der Waals surface area (Å²) in [6.07, 6.45) is 4.54. The Bertz CT molecular complexity index is 901. The van der Waals surface area contributed by atoms with Crippen LogP contribution in [0.5, 0.6) is 5.75 Å². The molecule has 0 unspecified atom stereocenters. The SMILES string of the molecule is CN=C(NCc1ccc(N2CCN(C)CC2)nc1)NCc1ccc(C)cc1OCC1CC1. The van der Waals surface area contributed by atoms with Gasteiger partial charge in [0.1, 0.15) is 11.6 Å². The molecule has 32 heavy (non-hydrogen) atoms. The Balaban J connectivity index is 1.27. The van der Waals surface area contributed by atoms with Gasteiger partial charge in [-0.25, -0.2) is 4.98 Å². The van der Waals surface area contributed by atoms with Crippen LogP contribution in [0.4, 0.5) is 5.82 Å². The summed E-state index contributed by atoms with van der Waals surface area (Å²) >= 11 is 0. The van der Waals surface area contributed by atoms with E-state index in [1.54, 1.807) is 7.05 Å². The van der Waals surface area contributed by atoms with Gasteiger partial charge in [0.05, 0.1) is 6.61 Å². The molecule has 4 rings (SSSR count). The molecule has 1 aliphatic carbocycles. The second kappa shape index (κ2) is 10.7. The number of hydrogen-bond donors (Lipinski definition) is 2.